The number of sulfone groups is 1. The molecule has 3 aromatic rings. The van der Waals surface area contributed by atoms with Crippen LogP contribution in [0.2, 0.25) is 0 Å². The topological polar surface area (TPSA) is 73.1 Å². The molecule has 1 aromatic carbocycles. The second-order valence-electron chi connectivity index (χ2n) is 5.64. The van der Waals surface area contributed by atoms with Crippen LogP contribution in [0.4, 0.5) is 13.2 Å². The molecule has 0 unspecified atom stereocenters. The third kappa shape index (κ3) is 4.27. The van der Waals surface area contributed by atoms with Gasteiger partial charge in [0, 0.05) is 11.1 Å². The highest BCUT2D eigenvalue weighted by Crippen LogP contribution is 2.38. The molecule has 0 N–H and O–H groups in total. The molecule has 3 rings (SSSR count). The Hall–Kier alpha value is -2.07. The van der Waals surface area contributed by atoms with Crippen molar-refractivity contribution in [2.45, 2.75) is 35.6 Å². The number of hydrogen-bond acceptors (Lipinski definition) is 6. The molecule has 0 aliphatic rings. The standard InChI is InChI=1S/C17H15F3N2O3S2/c1-3-10-7-14(27(23,24)4-2)15(21-9-10)16-22-12-8-11(26-17(18,19)20)5-6-13(12)25-16/h5-9H,3-4H2,1-2H3. The van der Waals surface area contributed by atoms with Crippen LogP contribution in [-0.4, -0.2) is 29.6 Å². The minimum absolute atomic E-state index is 0.000737. The maximum absolute atomic E-state index is 12.5. The average Bonchev–Trinajstić information content (AvgIpc) is 3.02. The van der Waals surface area contributed by atoms with E-state index in [0.717, 1.165) is 5.56 Å². The van der Waals surface area contributed by atoms with Crippen molar-refractivity contribution < 1.29 is 26.0 Å². The maximum Gasteiger partial charge on any atom is 0.446 e. The van der Waals surface area contributed by atoms with Gasteiger partial charge in [0.1, 0.15) is 11.2 Å². The van der Waals surface area contributed by atoms with Crippen LogP contribution in [0, 0.1) is 0 Å². The van der Waals surface area contributed by atoms with Gasteiger partial charge in [0.25, 0.3) is 0 Å². The Balaban J connectivity index is 2.12. The molecule has 0 spiro atoms. The fraction of sp³-hybridized carbons (Fsp3) is 0.294. The number of aryl methyl sites for hydroxylation is 1. The van der Waals surface area contributed by atoms with Gasteiger partial charge in [-0.3, -0.25) is 0 Å². The van der Waals surface area contributed by atoms with E-state index in [0.29, 0.717) is 6.42 Å². The average molecular weight is 416 g/mol. The van der Waals surface area contributed by atoms with Crippen LogP contribution >= 0.6 is 11.8 Å². The van der Waals surface area contributed by atoms with Crippen molar-refractivity contribution in [1.29, 1.82) is 0 Å². The van der Waals surface area contributed by atoms with Gasteiger partial charge in [-0.2, -0.15) is 13.2 Å². The highest BCUT2D eigenvalue weighted by molar-refractivity contribution is 8.00. The molecule has 0 saturated carbocycles. The van der Waals surface area contributed by atoms with Crippen LogP contribution < -0.4 is 0 Å². The number of thioether (sulfide) groups is 1. The molecular formula is C17H15F3N2O3S2. The number of nitrogens with zero attached hydrogens (tertiary/aromatic N) is 2. The smallest absolute Gasteiger partial charge is 0.435 e. The molecule has 2 aromatic heterocycles. The largest absolute Gasteiger partial charge is 0.446 e. The van der Waals surface area contributed by atoms with Gasteiger partial charge in [0.15, 0.2) is 15.4 Å². The summed E-state index contributed by atoms with van der Waals surface area (Å²) in [7, 11) is -3.59. The summed E-state index contributed by atoms with van der Waals surface area (Å²) in [5.41, 5.74) is -3.18. The summed E-state index contributed by atoms with van der Waals surface area (Å²) < 4.78 is 68.1. The highest BCUT2D eigenvalue weighted by atomic mass is 32.2. The van der Waals surface area contributed by atoms with Crippen LogP contribution in [-0.2, 0) is 16.3 Å². The van der Waals surface area contributed by atoms with E-state index in [1.165, 1.54) is 37.4 Å². The number of rotatable bonds is 5. The summed E-state index contributed by atoms with van der Waals surface area (Å²) in [6, 6.07) is 5.41. The summed E-state index contributed by atoms with van der Waals surface area (Å²) in [5.74, 6) is -0.171. The number of benzene rings is 1. The van der Waals surface area contributed by atoms with Crippen molar-refractivity contribution in [3.05, 3.63) is 36.0 Å². The van der Waals surface area contributed by atoms with E-state index < -0.39 is 15.3 Å². The van der Waals surface area contributed by atoms with Crippen molar-refractivity contribution in [3.63, 3.8) is 0 Å². The van der Waals surface area contributed by atoms with E-state index in [-0.39, 0.29) is 50.0 Å². The normalized spacial score (nSPS) is 12.6. The van der Waals surface area contributed by atoms with Crippen LogP contribution in [0.3, 0.4) is 0 Å². The van der Waals surface area contributed by atoms with Crippen molar-refractivity contribution in [3.8, 4) is 11.6 Å². The first-order chi connectivity index (χ1) is 12.6. The zero-order chi connectivity index (χ0) is 19.8. The third-order valence-corrected chi connectivity index (χ3v) is 6.29. The lowest BCUT2D eigenvalue weighted by molar-refractivity contribution is -0.0328. The summed E-state index contributed by atoms with van der Waals surface area (Å²) in [4.78, 5) is 8.32. The summed E-state index contributed by atoms with van der Waals surface area (Å²) in [6.45, 7) is 3.39. The van der Waals surface area contributed by atoms with E-state index >= 15 is 0 Å². The lowest BCUT2D eigenvalue weighted by atomic mass is 10.2. The van der Waals surface area contributed by atoms with Gasteiger partial charge in [-0.1, -0.05) is 13.8 Å². The van der Waals surface area contributed by atoms with E-state index in [2.05, 4.69) is 9.97 Å². The van der Waals surface area contributed by atoms with Crippen molar-refractivity contribution >= 4 is 32.7 Å². The molecule has 0 radical (unpaired) electrons. The van der Waals surface area contributed by atoms with Crippen LogP contribution in [0.1, 0.15) is 19.4 Å². The quantitative estimate of drug-likeness (QED) is 0.553. The summed E-state index contributed by atoms with van der Waals surface area (Å²) >= 11 is -0.257. The number of oxazole rings is 1. The Morgan fingerprint density at radius 3 is 2.56 bits per heavy atom. The lowest BCUT2D eigenvalue weighted by Crippen LogP contribution is -2.08. The first-order valence-corrected chi connectivity index (χ1v) is 10.5. The zero-order valence-corrected chi connectivity index (χ0v) is 16.0. The first kappa shape index (κ1) is 19.7. The predicted octanol–water partition coefficient (Wildman–Crippen LogP) is 4.86. The number of aromatic nitrogens is 2. The van der Waals surface area contributed by atoms with Gasteiger partial charge in [0.05, 0.1) is 10.6 Å². The van der Waals surface area contributed by atoms with E-state index in [1.54, 1.807) is 0 Å². The highest BCUT2D eigenvalue weighted by Gasteiger charge is 2.29. The minimum atomic E-state index is -4.42. The molecule has 5 nitrogen and oxygen atoms in total. The Kier molecular flexibility index (Phi) is 5.22. The molecule has 0 atom stereocenters. The number of pyridine rings is 1. The molecule has 0 saturated heterocycles. The fourth-order valence-electron chi connectivity index (χ4n) is 2.44. The van der Waals surface area contributed by atoms with Gasteiger partial charge in [-0.15, -0.1) is 0 Å². The molecule has 10 heteroatoms. The first-order valence-electron chi connectivity index (χ1n) is 8.01. The summed E-state index contributed by atoms with van der Waals surface area (Å²) in [6.07, 6.45) is 2.13. The number of fused-ring (bicyclic) bond motifs is 1. The molecule has 0 aliphatic carbocycles. The van der Waals surface area contributed by atoms with Gasteiger partial charge in [-0.25, -0.2) is 18.4 Å². The number of halogens is 3. The lowest BCUT2D eigenvalue weighted by Gasteiger charge is -2.07. The SMILES string of the molecule is CCc1cnc(-c2nc3cc(SC(F)(F)F)ccc3o2)c(S(=O)(=O)CC)c1. The van der Waals surface area contributed by atoms with E-state index in [4.69, 9.17) is 4.42 Å². The Morgan fingerprint density at radius 2 is 1.93 bits per heavy atom. The molecule has 27 heavy (non-hydrogen) atoms. The molecule has 0 bridgehead atoms. The minimum Gasteiger partial charge on any atom is -0.435 e. The number of hydrogen-bond donors (Lipinski definition) is 0. The molecule has 0 fully saturated rings. The number of alkyl halides is 3. The van der Waals surface area contributed by atoms with Crippen LogP contribution in [0.15, 0.2) is 44.7 Å². The monoisotopic (exact) mass is 416 g/mol. The maximum atomic E-state index is 12.5. The Bertz CT molecular complexity index is 1090. The molecule has 0 amide bonds. The molecule has 144 valence electrons. The third-order valence-electron chi connectivity index (χ3n) is 3.83. The molecular weight excluding hydrogens is 401 g/mol. The fourth-order valence-corrected chi connectivity index (χ4v) is 4.09. The predicted molar refractivity (Wildman–Crippen MR) is 96.3 cm³/mol. The van der Waals surface area contributed by atoms with Crippen LogP contribution in [0.5, 0.6) is 0 Å². The van der Waals surface area contributed by atoms with Gasteiger partial charge >= 0.3 is 5.51 Å². The van der Waals surface area contributed by atoms with E-state index in [9.17, 15) is 21.6 Å². The van der Waals surface area contributed by atoms with Gasteiger partial charge in [0.2, 0.25) is 5.89 Å². The zero-order valence-electron chi connectivity index (χ0n) is 14.4. The van der Waals surface area contributed by atoms with Crippen molar-refractivity contribution in [2.75, 3.05) is 5.75 Å². The summed E-state index contributed by atoms with van der Waals surface area (Å²) in [5, 5.41) is 0. The second-order valence-corrected chi connectivity index (χ2v) is 9.03. The van der Waals surface area contributed by atoms with E-state index in [1.807, 2.05) is 6.92 Å². The van der Waals surface area contributed by atoms with Crippen molar-refractivity contribution in [1.82, 2.24) is 9.97 Å². The Labute approximate surface area is 157 Å². The van der Waals surface area contributed by atoms with Crippen molar-refractivity contribution in [2.24, 2.45) is 0 Å². The molecule has 0 aliphatic heterocycles. The van der Waals surface area contributed by atoms with Crippen LogP contribution in [0.25, 0.3) is 22.7 Å². The molecule has 2 heterocycles. The Morgan fingerprint density at radius 1 is 1.19 bits per heavy atom. The second kappa shape index (κ2) is 7.16. The van der Waals surface area contributed by atoms with Gasteiger partial charge in [-0.05, 0) is 48.0 Å². The van der Waals surface area contributed by atoms with Gasteiger partial charge < -0.3 is 4.42 Å².